The number of hydrogen-bond acceptors (Lipinski definition) is 7. The minimum absolute atomic E-state index is 0.131. The van der Waals surface area contributed by atoms with Gasteiger partial charge < -0.3 is 28.4 Å². The number of hydrogen-bond donors (Lipinski definition) is 1. The molecule has 242 valence electrons. The molecule has 5 rings (SSSR count). The fraction of sp³-hybridized carbons (Fsp3) is 0.306. The summed E-state index contributed by atoms with van der Waals surface area (Å²) in [6.07, 6.45) is -4.17. The highest BCUT2D eigenvalue weighted by molar-refractivity contribution is 6.76. The lowest BCUT2D eigenvalue weighted by Crippen LogP contribution is -2.62. The van der Waals surface area contributed by atoms with E-state index in [1.807, 2.05) is 121 Å². The Kier molecular flexibility index (Phi) is 12.9. The molecule has 46 heavy (non-hydrogen) atoms. The third-order valence-electron chi connectivity index (χ3n) is 7.33. The molecule has 5 atom stereocenters. The summed E-state index contributed by atoms with van der Waals surface area (Å²) in [7, 11) is 0. The number of halogens is 3. The summed E-state index contributed by atoms with van der Waals surface area (Å²) in [5.41, 5.74) is 3.87. The molecule has 1 aliphatic heterocycles. The second-order valence-corrected chi connectivity index (χ2v) is 13.1. The zero-order chi connectivity index (χ0) is 32.2. The standard InChI is InChI=1S/C36H36Cl3NO6/c37-36(38,39)35(40)46-34-33(44-24-29-19-11-4-12-20-29)32(43-23-28-17-9-3-10-18-28)31(42-22-27-15-7-2-8-16-27)30(45-34)25-41-21-26-13-5-1-6-14-26/h1-20,30-34,40H,21-25H2/t30?,31-,32?,33?,34+/m0/s1. The molecule has 1 fully saturated rings. The van der Waals surface area contributed by atoms with E-state index in [1.54, 1.807) is 0 Å². The third-order valence-corrected chi connectivity index (χ3v) is 7.85. The molecule has 0 radical (unpaired) electrons. The summed E-state index contributed by atoms with van der Waals surface area (Å²) >= 11 is 18.1. The number of ether oxygens (including phenoxy) is 6. The van der Waals surface area contributed by atoms with Gasteiger partial charge in [0.25, 0.3) is 3.79 Å². The first-order valence-corrected chi connectivity index (χ1v) is 16.1. The van der Waals surface area contributed by atoms with Gasteiger partial charge in [-0.15, -0.1) is 0 Å². The Morgan fingerprint density at radius 3 is 1.39 bits per heavy atom. The molecule has 0 amide bonds. The summed E-state index contributed by atoms with van der Waals surface area (Å²) < 4.78 is 36.1. The van der Waals surface area contributed by atoms with Gasteiger partial charge in [-0.1, -0.05) is 156 Å². The van der Waals surface area contributed by atoms with Crippen LogP contribution in [0.4, 0.5) is 0 Å². The lowest BCUT2D eigenvalue weighted by Gasteiger charge is -2.46. The molecule has 0 aromatic heterocycles. The highest BCUT2D eigenvalue weighted by atomic mass is 35.6. The summed E-state index contributed by atoms with van der Waals surface area (Å²) in [5.74, 6) is -0.606. The van der Waals surface area contributed by atoms with Crippen molar-refractivity contribution in [2.45, 2.75) is 60.9 Å². The molecule has 4 aromatic rings. The molecular formula is C36H36Cl3NO6. The van der Waals surface area contributed by atoms with Crippen LogP contribution in [0.3, 0.4) is 0 Å². The molecular weight excluding hydrogens is 649 g/mol. The van der Waals surface area contributed by atoms with Gasteiger partial charge in [0.1, 0.15) is 24.4 Å². The molecule has 1 saturated heterocycles. The van der Waals surface area contributed by atoms with E-state index in [4.69, 9.17) is 68.6 Å². The molecule has 3 unspecified atom stereocenters. The van der Waals surface area contributed by atoms with E-state index in [-0.39, 0.29) is 26.4 Å². The molecule has 1 N–H and O–H groups in total. The van der Waals surface area contributed by atoms with Crippen LogP contribution in [0.2, 0.25) is 0 Å². The van der Waals surface area contributed by atoms with E-state index in [9.17, 15) is 0 Å². The third kappa shape index (κ3) is 10.3. The van der Waals surface area contributed by atoms with Crippen molar-refractivity contribution in [1.82, 2.24) is 0 Å². The van der Waals surface area contributed by atoms with Crippen molar-refractivity contribution in [3.8, 4) is 0 Å². The van der Waals surface area contributed by atoms with Crippen LogP contribution in [0, 0.1) is 5.41 Å². The SMILES string of the molecule is N=C(O[C@H]1OC(COCc2ccccc2)[C@H](OCc2ccccc2)C(OCc2ccccc2)C1OCc1ccccc1)C(Cl)(Cl)Cl. The van der Waals surface area contributed by atoms with Gasteiger partial charge in [-0.25, -0.2) is 0 Å². The first-order chi connectivity index (χ1) is 22.4. The Hall–Kier alpha value is -2.98. The monoisotopic (exact) mass is 683 g/mol. The zero-order valence-corrected chi connectivity index (χ0v) is 27.3. The second-order valence-electron chi connectivity index (χ2n) is 10.8. The van der Waals surface area contributed by atoms with Crippen LogP contribution < -0.4 is 0 Å². The summed E-state index contributed by atoms with van der Waals surface area (Å²) in [5, 5.41) is 8.37. The summed E-state index contributed by atoms with van der Waals surface area (Å²) in [6, 6.07) is 39.2. The maximum atomic E-state index is 8.37. The number of alkyl halides is 3. The largest absolute Gasteiger partial charge is 0.445 e. The van der Waals surface area contributed by atoms with Gasteiger partial charge in [0.2, 0.25) is 12.2 Å². The van der Waals surface area contributed by atoms with Gasteiger partial charge in [0.15, 0.2) is 0 Å². The van der Waals surface area contributed by atoms with Crippen LogP contribution in [0.5, 0.6) is 0 Å². The van der Waals surface area contributed by atoms with Gasteiger partial charge in [0, 0.05) is 0 Å². The van der Waals surface area contributed by atoms with Crippen molar-refractivity contribution in [3.63, 3.8) is 0 Å². The molecule has 0 spiro atoms. The van der Waals surface area contributed by atoms with Crippen LogP contribution in [-0.2, 0) is 54.8 Å². The molecule has 1 aliphatic rings. The minimum Gasteiger partial charge on any atom is -0.445 e. The maximum Gasteiger partial charge on any atom is 0.265 e. The van der Waals surface area contributed by atoms with Gasteiger partial charge in [0.05, 0.1) is 33.0 Å². The minimum atomic E-state index is -2.12. The fourth-order valence-electron chi connectivity index (χ4n) is 5.02. The van der Waals surface area contributed by atoms with Crippen molar-refractivity contribution in [3.05, 3.63) is 144 Å². The maximum absolute atomic E-state index is 8.37. The van der Waals surface area contributed by atoms with Crippen LogP contribution >= 0.6 is 34.8 Å². The summed E-state index contributed by atoms with van der Waals surface area (Å²) in [6.45, 7) is 1.24. The lowest BCUT2D eigenvalue weighted by molar-refractivity contribution is -0.313. The predicted molar refractivity (Wildman–Crippen MR) is 179 cm³/mol. The Bertz CT molecular complexity index is 1460. The van der Waals surface area contributed by atoms with Crippen LogP contribution in [0.1, 0.15) is 22.3 Å². The number of nitrogens with one attached hydrogen (secondary N) is 1. The van der Waals surface area contributed by atoms with E-state index in [0.717, 1.165) is 22.3 Å². The topological polar surface area (TPSA) is 79.2 Å². The smallest absolute Gasteiger partial charge is 0.265 e. The Balaban J connectivity index is 1.46. The molecule has 0 aliphatic carbocycles. The van der Waals surface area contributed by atoms with Crippen molar-refractivity contribution >= 4 is 40.7 Å². The van der Waals surface area contributed by atoms with Crippen molar-refractivity contribution in [2.24, 2.45) is 0 Å². The van der Waals surface area contributed by atoms with Gasteiger partial charge >= 0.3 is 0 Å². The quantitative estimate of drug-likeness (QED) is 0.0823. The van der Waals surface area contributed by atoms with E-state index in [1.165, 1.54) is 0 Å². The molecule has 1 heterocycles. The van der Waals surface area contributed by atoms with Crippen molar-refractivity contribution < 1.29 is 28.4 Å². The van der Waals surface area contributed by atoms with Gasteiger partial charge in [-0.3, -0.25) is 5.41 Å². The van der Waals surface area contributed by atoms with Crippen LogP contribution in [-0.4, -0.2) is 47.0 Å². The van der Waals surface area contributed by atoms with E-state index in [0.29, 0.717) is 6.61 Å². The van der Waals surface area contributed by atoms with Gasteiger partial charge in [-0.2, -0.15) is 0 Å². The predicted octanol–water partition coefficient (Wildman–Crippen LogP) is 8.05. The van der Waals surface area contributed by atoms with Crippen LogP contribution in [0.15, 0.2) is 121 Å². The zero-order valence-electron chi connectivity index (χ0n) is 25.1. The fourth-order valence-corrected chi connectivity index (χ4v) is 5.16. The molecule has 7 nitrogen and oxygen atoms in total. The molecule has 4 aromatic carbocycles. The summed E-state index contributed by atoms with van der Waals surface area (Å²) in [4.78, 5) is 0. The highest BCUT2D eigenvalue weighted by Crippen LogP contribution is 2.34. The molecule has 0 saturated carbocycles. The average Bonchev–Trinajstić information content (AvgIpc) is 3.07. The Morgan fingerprint density at radius 2 is 0.957 bits per heavy atom. The van der Waals surface area contributed by atoms with Crippen molar-refractivity contribution in [1.29, 1.82) is 5.41 Å². The normalized spacial score (nSPS) is 21.5. The lowest BCUT2D eigenvalue weighted by atomic mass is 9.97. The highest BCUT2D eigenvalue weighted by Gasteiger charge is 2.51. The van der Waals surface area contributed by atoms with Crippen molar-refractivity contribution in [2.75, 3.05) is 6.61 Å². The Morgan fingerprint density at radius 1 is 0.565 bits per heavy atom. The first-order valence-electron chi connectivity index (χ1n) is 14.9. The Labute approximate surface area is 284 Å². The molecule has 10 heteroatoms. The van der Waals surface area contributed by atoms with E-state index < -0.39 is 40.4 Å². The van der Waals surface area contributed by atoms with E-state index >= 15 is 0 Å². The van der Waals surface area contributed by atoms with Crippen LogP contribution in [0.25, 0.3) is 0 Å². The molecule has 0 bridgehead atoms. The first kappa shape index (κ1) is 34.4. The van der Waals surface area contributed by atoms with Gasteiger partial charge in [-0.05, 0) is 22.3 Å². The second kappa shape index (κ2) is 17.3. The number of rotatable bonds is 14. The number of benzene rings is 4. The van der Waals surface area contributed by atoms with E-state index in [2.05, 4.69) is 0 Å². The average molecular weight is 685 g/mol.